The zero-order chi connectivity index (χ0) is 33.0. The lowest BCUT2D eigenvalue weighted by atomic mass is 9.64. The molecule has 4 aromatic carbocycles. The minimum absolute atomic E-state index is 0.0252. The van der Waals surface area contributed by atoms with E-state index in [1.165, 1.54) is 21.9 Å². The Balaban J connectivity index is 1.51. The first-order valence-electron chi connectivity index (χ1n) is 15.8. The number of hydrogen-bond acceptors (Lipinski definition) is 5. The van der Waals surface area contributed by atoms with Crippen molar-refractivity contribution in [3.05, 3.63) is 144 Å². The second kappa shape index (κ2) is 11.7. The third-order valence-corrected chi connectivity index (χ3v) is 11.3. The van der Waals surface area contributed by atoms with Crippen LogP contribution in [0.1, 0.15) is 42.5 Å². The predicted octanol–water partition coefficient (Wildman–Crippen LogP) is 6.67. The van der Waals surface area contributed by atoms with Gasteiger partial charge in [0.1, 0.15) is 0 Å². The molecule has 9 heteroatoms. The van der Waals surface area contributed by atoms with Crippen molar-refractivity contribution in [2.24, 2.45) is 17.8 Å². The largest absolute Gasteiger partial charge is 0.339 e. The highest BCUT2D eigenvalue weighted by atomic mass is 32.2. The van der Waals surface area contributed by atoms with E-state index in [-0.39, 0.29) is 10.8 Å². The monoisotopic (exact) mass is 645 g/mol. The van der Waals surface area contributed by atoms with Crippen molar-refractivity contribution < 1.29 is 22.8 Å². The number of para-hydroxylation sites is 1. The van der Waals surface area contributed by atoms with Crippen LogP contribution in [-0.4, -0.2) is 41.5 Å². The van der Waals surface area contributed by atoms with E-state index in [4.69, 9.17) is 0 Å². The summed E-state index contributed by atoms with van der Waals surface area (Å²) in [5, 5.41) is 0. The van der Waals surface area contributed by atoms with Crippen molar-refractivity contribution in [2.75, 3.05) is 4.90 Å². The maximum absolute atomic E-state index is 14.8. The van der Waals surface area contributed by atoms with Crippen LogP contribution in [0.5, 0.6) is 0 Å². The lowest BCUT2D eigenvalue weighted by Crippen LogP contribution is -2.60. The van der Waals surface area contributed by atoms with E-state index in [0.29, 0.717) is 16.9 Å². The molecule has 0 saturated carbocycles. The Bertz CT molecular complexity index is 1980. The van der Waals surface area contributed by atoms with Crippen LogP contribution in [0.2, 0.25) is 0 Å². The van der Waals surface area contributed by atoms with Crippen LogP contribution in [-0.2, 0) is 19.6 Å². The number of sulfonamides is 1. The molecular weight excluding hydrogens is 611 g/mol. The number of carbonyl (C=O) groups is 3. The molecule has 4 amide bonds. The average Bonchev–Trinajstić information content (AvgIpc) is 3.34. The van der Waals surface area contributed by atoms with Crippen LogP contribution < -0.4 is 4.90 Å². The summed E-state index contributed by atoms with van der Waals surface area (Å²) in [7, 11) is -4.43. The normalized spacial score (nSPS) is 24.3. The molecule has 2 saturated heterocycles. The number of urea groups is 1. The molecule has 0 radical (unpaired) electrons. The van der Waals surface area contributed by atoms with Gasteiger partial charge in [-0.3, -0.25) is 19.4 Å². The number of nitrogens with zero attached hydrogens (tertiary/aromatic N) is 3. The summed E-state index contributed by atoms with van der Waals surface area (Å²) in [6.07, 6.45) is 1.94. The van der Waals surface area contributed by atoms with E-state index in [2.05, 4.69) is 0 Å². The molecule has 0 bridgehead atoms. The summed E-state index contributed by atoms with van der Waals surface area (Å²) in [5.41, 5.74) is 3.29. The number of imide groups is 1. The van der Waals surface area contributed by atoms with Crippen molar-refractivity contribution in [1.82, 2.24) is 9.21 Å². The number of benzene rings is 4. The van der Waals surface area contributed by atoms with Gasteiger partial charge in [0.25, 0.3) is 10.0 Å². The number of fused-ring (bicyclic) bond motifs is 3. The van der Waals surface area contributed by atoms with Gasteiger partial charge in [-0.2, -0.15) is 0 Å². The molecule has 1 aliphatic carbocycles. The molecule has 0 unspecified atom stereocenters. The lowest BCUT2D eigenvalue weighted by molar-refractivity contribution is -0.123. The summed E-state index contributed by atoms with van der Waals surface area (Å²) < 4.78 is 30.2. The van der Waals surface area contributed by atoms with E-state index < -0.39 is 57.7 Å². The fourth-order valence-corrected chi connectivity index (χ4v) is 9.08. The average molecular weight is 646 g/mol. The van der Waals surface area contributed by atoms with Gasteiger partial charge in [0.05, 0.1) is 28.5 Å². The van der Waals surface area contributed by atoms with Crippen LogP contribution >= 0.6 is 0 Å². The Morgan fingerprint density at radius 3 is 1.74 bits per heavy atom. The molecular formula is C38H35N3O5S. The lowest BCUT2D eigenvalue weighted by Gasteiger charge is -2.52. The van der Waals surface area contributed by atoms with Gasteiger partial charge in [0.15, 0.2) is 0 Å². The van der Waals surface area contributed by atoms with Crippen LogP contribution in [0.25, 0.3) is 0 Å². The van der Waals surface area contributed by atoms with Crippen LogP contribution in [0.4, 0.5) is 10.5 Å². The highest BCUT2D eigenvalue weighted by molar-refractivity contribution is 7.89. The van der Waals surface area contributed by atoms with Crippen LogP contribution in [0, 0.1) is 24.7 Å². The number of rotatable bonds is 6. The van der Waals surface area contributed by atoms with Crippen molar-refractivity contribution in [3.63, 3.8) is 0 Å². The molecule has 0 aromatic heterocycles. The fraction of sp³-hybridized carbons (Fsp3) is 0.237. The summed E-state index contributed by atoms with van der Waals surface area (Å²) in [6.45, 7) is 5.52. The number of carbonyl (C=O) groups excluding carboxylic acids is 3. The second-order valence-electron chi connectivity index (χ2n) is 12.7. The van der Waals surface area contributed by atoms with Gasteiger partial charge in [-0.15, -0.1) is 0 Å². The topological polar surface area (TPSA) is 95.1 Å². The molecule has 2 aliphatic heterocycles. The first kappa shape index (κ1) is 30.6. The molecule has 0 spiro atoms. The van der Waals surface area contributed by atoms with E-state index in [1.54, 1.807) is 60.7 Å². The van der Waals surface area contributed by atoms with Crippen LogP contribution in [0.3, 0.4) is 0 Å². The minimum atomic E-state index is -4.43. The van der Waals surface area contributed by atoms with Crippen molar-refractivity contribution in [3.8, 4) is 0 Å². The van der Waals surface area contributed by atoms with Gasteiger partial charge in [0, 0.05) is 23.6 Å². The maximum atomic E-state index is 14.8. The highest BCUT2D eigenvalue weighted by Gasteiger charge is 2.63. The molecule has 5 atom stereocenters. The molecule has 238 valence electrons. The Labute approximate surface area is 275 Å². The standard InChI is InChI=1S/C38H35N3O5S/c1-24(2)39-31-23-30(26-13-7-4-8-14-26)32-34(37(43)40(36(32)42)28-17-11-6-12-18-28)33(31)35(27-15-9-5-10-16-27)41(38(39)44)47(45,46)29-21-19-25(3)20-22-29/h4-24,30,32-35H,1-3H3/t30-,32-,33-,34-,35-/m1/s1. The van der Waals surface area contributed by atoms with E-state index in [0.717, 1.165) is 15.4 Å². The highest BCUT2D eigenvalue weighted by Crippen LogP contribution is 2.57. The number of allylic oxidation sites excluding steroid dienone is 1. The van der Waals surface area contributed by atoms with Gasteiger partial charge in [-0.05, 0) is 56.2 Å². The zero-order valence-corrected chi connectivity index (χ0v) is 27.1. The number of aryl methyl sites for hydroxylation is 1. The second-order valence-corrected chi connectivity index (χ2v) is 14.5. The van der Waals surface area contributed by atoms with Gasteiger partial charge in [0.2, 0.25) is 11.8 Å². The van der Waals surface area contributed by atoms with Crippen molar-refractivity contribution >= 4 is 33.6 Å². The molecule has 3 aliphatic rings. The predicted molar refractivity (Wildman–Crippen MR) is 178 cm³/mol. The minimum Gasteiger partial charge on any atom is -0.295 e. The molecule has 7 rings (SSSR count). The van der Waals surface area contributed by atoms with Crippen LogP contribution in [0.15, 0.2) is 132 Å². The molecule has 47 heavy (non-hydrogen) atoms. The molecule has 2 heterocycles. The molecule has 0 N–H and O–H groups in total. The first-order chi connectivity index (χ1) is 22.6. The SMILES string of the molecule is Cc1ccc(S(=O)(=O)N2C(=O)N(C(C)C)C3=C[C@H](c4ccccc4)[C@H]4C(=O)N(c5ccccc5)C(=O)[C@H]4[C@@H]3[C@H]2c2ccccc2)cc1. The zero-order valence-electron chi connectivity index (χ0n) is 26.3. The molecule has 2 fully saturated rings. The summed E-state index contributed by atoms with van der Waals surface area (Å²) in [5.74, 6) is -3.90. The fourth-order valence-electron chi connectivity index (χ4n) is 7.53. The van der Waals surface area contributed by atoms with Gasteiger partial charge >= 0.3 is 6.03 Å². The summed E-state index contributed by atoms with van der Waals surface area (Å²) in [4.78, 5) is 46.8. The van der Waals surface area contributed by atoms with E-state index in [1.807, 2.05) is 69.3 Å². The third-order valence-electron chi connectivity index (χ3n) is 9.56. The number of anilines is 1. The quantitative estimate of drug-likeness (QED) is 0.218. The van der Waals surface area contributed by atoms with Gasteiger partial charge in [-0.1, -0.05) is 103 Å². The first-order valence-corrected chi connectivity index (χ1v) is 17.2. The third kappa shape index (κ3) is 4.88. The molecule has 8 nitrogen and oxygen atoms in total. The van der Waals surface area contributed by atoms with Gasteiger partial charge < -0.3 is 0 Å². The Morgan fingerprint density at radius 2 is 1.17 bits per heavy atom. The van der Waals surface area contributed by atoms with Gasteiger partial charge in [-0.25, -0.2) is 17.5 Å². The summed E-state index contributed by atoms with van der Waals surface area (Å²) in [6, 6.07) is 31.5. The van der Waals surface area contributed by atoms with Crippen molar-refractivity contribution in [2.45, 2.75) is 43.7 Å². The Hall–Kier alpha value is -5.02. The molecule has 4 aromatic rings. The smallest absolute Gasteiger partial charge is 0.295 e. The Morgan fingerprint density at radius 1 is 0.638 bits per heavy atom. The maximum Gasteiger partial charge on any atom is 0.339 e. The van der Waals surface area contributed by atoms with E-state index in [9.17, 15) is 22.8 Å². The Kier molecular flexibility index (Phi) is 7.59. The van der Waals surface area contributed by atoms with Crippen molar-refractivity contribution in [1.29, 1.82) is 0 Å². The van der Waals surface area contributed by atoms with E-state index >= 15 is 0 Å². The number of hydrogen-bond donors (Lipinski definition) is 0. The number of amides is 4. The summed E-state index contributed by atoms with van der Waals surface area (Å²) >= 11 is 0.